The monoisotopic (exact) mass is 320 g/mol. The number of para-hydroxylation sites is 1. The summed E-state index contributed by atoms with van der Waals surface area (Å²) in [7, 11) is -4.60. The first-order valence-corrected chi connectivity index (χ1v) is 8.53. The van der Waals surface area contributed by atoms with Gasteiger partial charge in [0.2, 0.25) is 9.84 Å². The third-order valence-electron chi connectivity index (χ3n) is 3.28. The first-order chi connectivity index (χ1) is 9.93. The molecule has 1 atom stereocenters. The average molecular weight is 320 g/mol. The summed E-state index contributed by atoms with van der Waals surface area (Å²) in [6.45, 7) is 3.11. The molecule has 120 valence electrons. The highest BCUT2D eigenvalue weighted by Gasteiger charge is 2.29. The van der Waals surface area contributed by atoms with Gasteiger partial charge in [-0.3, -0.25) is 0 Å². The molecule has 4 nitrogen and oxygen atoms in total. The van der Waals surface area contributed by atoms with Gasteiger partial charge in [0, 0.05) is 6.54 Å². The third-order valence-corrected chi connectivity index (χ3v) is 4.72. The van der Waals surface area contributed by atoms with E-state index in [0.717, 1.165) is 19.3 Å². The Morgan fingerprint density at radius 3 is 2.48 bits per heavy atom. The Kier molecular flexibility index (Phi) is 7.04. The Morgan fingerprint density at radius 1 is 1.24 bits per heavy atom. The van der Waals surface area contributed by atoms with Crippen molar-refractivity contribution in [3.05, 3.63) is 24.3 Å². The van der Waals surface area contributed by atoms with Crippen LogP contribution in [0.5, 0.6) is 0 Å². The molecule has 3 N–H and O–H groups in total. The summed E-state index contributed by atoms with van der Waals surface area (Å²) in [5.41, 5.74) is 5.76. The van der Waals surface area contributed by atoms with Crippen molar-refractivity contribution in [2.24, 2.45) is 11.7 Å². The fraction of sp³-hybridized carbons (Fsp3) is 0.571. The van der Waals surface area contributed by atoms with Gasteiger partial charge in [-0.05, 0) is 37.4 Å². The molecule has 0 bridgehead atoms. The Labute approximate surface area is 124 Å². The Bertz CT molecular complexity index is 530. The second kappa shape index (κ2) is 8.29. The van der Waals surface area contributed by atoms with Crippen LogP contribution >= 0.6 is 0 Å². The van der Waals surface area contributed by atoms with Gasteiger partial charge in [-0.15, -0.1) is 0 Å². The summed E-state index contributed by atoms with van der Waals surface area (Å²) in [5, 5.41) is 2.98. The Hall–Kier alpha value is -1.21. The molecule has 1 aromatic rings. The molecule has 0 saturated heterocycles. The molecule has 0 spiro atoms. The number of nitrogens with one attached hydrogen (secondary N) is 1. The molecule has 0 aliphatic carbocycles. The minimum atomic E-state index is -4.60. The van der Waals surface area contributed by atoms with Crippen LogP contribution < -0.4 is 11.1 Å². The maximum Gasteiger partial charge on any atom is 0.341 e. The van der Waals surface area contributed by atoms with Crippen molar-refractivity contribution in [2.45, 2.75) is 36.8 Å². The van der Waals surface area contributed by atoms with Crippen LogP contribution in [0.25, 0.3) is 0 Å². The van der Waals surface area contributed by atoms with Gasteiger partial charge in [-0.2, -0.15) is 8.78 Å². The summed E-state index contributed by atoms with van der Waals surface area (Å²) in [5.74, 6) is -3.13. The third kappa shape index (κ3) is 4.93. The number of alkyl halides is 2. The highest BCUT2D eigenvalue weighted by molar-refractivity contribution is 7.91. The van der Waals surface area contributed by atoms with Crippen LogP contribution in [-0.4, -0.2) is 27.3 Å². The standard InChI is InChI=1S/C14H22F2N2O2S/c1-2-5-11(8-9-17)10-18-12-6-3-4-7-13(12)21(19,20)14(15)16/h3-4,6-7,11,14,18H,2,5,8-10,17H2,1H3. The molecule has 0 saturated carbocycles. The first-order valence-electron chi connectivity index (χ1n) is 6.98. The quantitative estimate of drug-likeness (QED) is 0.734. The van der Waals surface area contributed by atoms with Crippen molar-refractivity contribution in [1.29, 1.82) is 0 Å². The molecular weight excluding hydrogens is 298 g/mol. The highest BCUT2D eigenvalue weighted by Crippen LogP contribution is 2.26. The second-order valence-electron chi connectivity index (χ2n) is 4.91. The Balaban J connectivity index is 2.89. The molecule has 0 radical (unpaired) electrons. The highest BCUT2D eigenvalue weighted by atomic mass is 32.2. The normalized spacial score (nSPS) is 13.4. The van der Waals surface area contributed by atoms with Crippen LogP contribution in [0.3, 0.4) is 0 Å². The fourth-order valence-electron chi connectivity index (χ4n) is 2.20. The summed E-state index contributed by atoms with van der Waals surface area (Å²) in [6.07, 6.45) is 2.75. The predicted molar refractivity (Wildman–Crippen MR) is 80.2 cm³/mol. The van der Waals surface area contributed by atoms with Crippen molar-refractivity contribution in [3.8, 4) is 0 Å². The summed E-state index contributed by atoms with van der Waals surface area (Å²) in [6, 6.07) is 5.75. The molecule has 1 aromatic carbocycles. The second-order valence-corrected chi connectivity index (χ2v) is 6.80. The zero-order valence-corrected chi connectivity index (χ0v) is 12.9. The molecule has 1 unspecified atom stereocenters. The lowest BCUT2D eigenvalue weighted by atomic mass is 10.00. The number of benzene rings is 1. The number of rotatable bonds is 9. The lowest BCUT2D eigenvalue weighted by molar-refractivity contribution is 0.235. The summed E-state index contributed by atoms with van der Waals surface area (Å²) >= 11 is 0. The number of sulfone groups is 1. The van der Waals surface area contributed by atoms with Crippen molar-refractivity contribution in [1.82, 2.24) is 0 Å². The van der Waals surface area contributed by atoms with Crippen LogP contribution in [0.1, 0.15) is 26.2 Å². The average Bonchev–Trinajstić information content (AvgIpc) is 2.45. The van der Waals surface area contributed by atoms with Gasteiger partial charge in [-0.1, -0.05) is 25.5 Å². The maximum atomic E-state index is 12.7. The van der Waals surface area contributed by atoms with E-state index >= 15 is 0 Å². The van der Waals surface area contributed by atoms with Crippen molar-refractivity contribution < 1.29 is 17.2 Å². The maximum absolute atomic E-state index is 12.7. The number of hydrogen-bond donors (Lipinski definition) is 2. The molecule has 7 heteroatoms. The fourth-order valence-corrected chi connectivity index (χ4v) is 3.11. The molecule has 0 heterocycles. The van der Waals surface area contributed by atoms with Crippen molar-refractivity contribution in [3.63, 3.8) is 0 Å². The Morgan fingerprint density at radius 2 is 1.90 bits per heavy atom. The zero-order chi connectivity index (χ0) is 15.9. The van der Waals surface area contributed by atoms with Gasteiger partial charge in [0.15, 0.2) is 0 Å². The minimum absolute atomic E-state index is 0.218. The van der Waals surface area contributed by atoms with Crippen molar-refractivity contribution >= 4 is 15.5 Å². The summed E-state index contributed by atoms with van der Waals surface area (Å²) in [4.78, 5) is -0.358. The van der Waals surface area contributed by atoms with E-state index < -0.39 is 15.6 Å². The van der Waals surface area contributed by atoms with Crippen LogP contribution in [-0.2, 0) is 9.84 Å². The van der Waals surface area contributed by atoms with Gasteiger partial charge >= 0.3 is 5.76 Å². The van der Waals surface area contributed by atoms with Gasteiger partial charge in [0.1, 0.15) is 0 Å². The topological polar surface area (TPSA) is 72.2 Å². The number of nitrogens with two attached hydrogens (primary N) is 1. The molecule has 0 fully saturated rings. The SMILES string of the molecule is CCCC(CCN)CNc1ccccc1S(=O)(=O)C(F)F. The van der Waals surface area contributed by atoms with E-state index in [1.54, 1.807) is 6.07 Å². The first kappa shape index (κ1) is 17.8. The van der Waals surface area contributed by atoms with Gasteiger partial charge in [-0.25, -0.2) is 8.42 Å². The molecule has 21 heavy (non-hydrogen) atoms. The predicted octanol–water partition coefficient (Wildman–Crippen LogP) is 2.86. The van der Waals surface area contributed by atoms with E-state index in [2.05, 4.69) is 12.2 Å². The lowest BCUT2D eigenvalue weighted by Crippen LogP contribution is -2.20. The molecule has 0 amide bonds. The van der Waals surface area contributed by atoms with E-state index in [1.807, 2.05) is 0 Å². The molecule has 1 rings (SSSR count). The van der Waals surface area contributed by atoms with E-state index in [4.69, 9.17) is 5.73 Å². The van der Waals surface area contributed by atoms with Gasteiger partial charge in [0.25, 0.3) is 0 Å². The van der Waals surface area contributed by atoms with Gasteiger partial charge in [0.05, 0.1) is 10.6 Å². The summed E-state index contributed by atoms with van der Waals surface area (Å²) < 4.78 is 48.7. The lowest BCUT2D eigenvalue weighted by Gasteiger charge is -2.18. The van der Waals surface area contributed by atoms with Crippen LogP contribution in [0.2, 0.25) is 0 Å². The molecule has 0 aliphatic heterocycles. The van der Waals surface area contributed by atoms with Crippen molar-refractivity contribution in [2.75, 3.05) is 18.4 Å². The number of hydrogen-bond acceptors (Lipinski definition) is 4. The van der Waals surface area contributed by atoms with Crippen LogP contribution in [0.4, 0.5) is 14.5 Å². The molecular formula is C14H22F2N2O2S. The molecule has 0 aliphatic rings. The zero-order valence-electron chi connectivity index (χ0n) is 12.1. The van der Waals surface area contributed by atoms with E-state index in [0.29, 0.717) is 19.0 Å². The van der Waals surface area contributed by atoms with E-state index in [9.17, 15) is 17.2 Å². The van der Waals surface area contributed by atoms with Crippen LogP contribution in [0.15, 0.2) is 29.2 Å². The van der Waals surface area contributed by atoms with E-state index in [1.165, 1.54) is 18.2 Å². The number of anilines is 1. The smallest absolute Gasteiger partial charge is 0.341 e. The van der Waals surface area contributed by atoms with Crippen LogP contribution in [0, 0.1) is 5.92 Å². The largest absolute Gasteiger partial charge is 0.384 e. The van der Waals surface area contributed by atoms with E-state index in [-0.39, 0.29) is 10.6 Å². The minimum Gasteiger partial charge on any atom is -0.384 e. The number of halogens is 2. The molecule has 0 aromatic heterocycles. The van der Waals surface area contributed by atoms with Gasteiger partial charge < -0.3 is 11.1 Å².